The Hall–Kier alpha value is 1.86. The third kappa shape index (κ3) is 22.6. The Morgan fingerprint density at radius 2 is 1.08 bits per heavy atom. The van der Waals surface area contributed by atoms with Crippen molar-refractivity contribution in [1.29, 1.82) is 0 Å². The minimum Gasteiger partial charge on any atom is 0 e. The van der Waals surface area contributed by atoms with Gasteiger partial charge in [-0.1, -0.05) is 0 Å². The SMILES string of the molecule is O=P(O)(O)OP(=O)(O)O.[Co].[LiH].[Ni]. The van der Waals surface area contributed by atoms with E-state index in [1.165, 1.54) is 0 Å². The van der Waals surface area contributed by atoms with Crippen LogP contribution in [-0.2, 0) is 46.7 Å². The average molecular weight is 304 g/mol. The Morgan fingerprint density at radius 1 is 0.917 bits per heavy atom. The van der Waals surface area contributed by atoms with Gasteiger partial charge < -0.3 is 19.6 Å². The summed E-state index contributed by atoms with van der Waals surface area (Å²) in [6.45, 7) is 0. The molecule has 12 heavy (non-hydrogen) atoms. The van der Waals surface area contributed by atoms with Crippen LogP contribution in [0.2, 0.25) is 0 Å². The Balaban J connectivity index is -0.000000107. The first-order valence-corrected chi connectivity index (χ1v) is 4.59. The van der Waals surface area contributed by atoms with Crippen LogP contribution in [0.1, 0.15) is 0 Å². The zero-order valence-electron chi connectivity index (χ0n) is 4.56. The molecule has 0 aromatic heterocycles. The molecule has 0 amide bonds. The van der Waals surface area contributed by atoms with Crippen LogP contribution in [0, 0.1) is 0 Å². The van der Waals surface area contributed by atoms with Crippen molar-refractivity contribution in [3.8, 4) is 0 Å². The summed E-state index contributed by atoms with van der Waals surface area (Å²) in [5, 5.41) is 0. The topological polar surface area (TPSA) is 124 Å². The van der Waals surface area contributed by atoms with Crippen LogP contribution in [0.15, 0.2) is 0 Å². The molecule has 0 unspecified atom stereocenters. The third-order valence-electron chi connectivity index (χ3n) is 0.213. The Labute approximate surface area is 100 Å². The van der Waals surface area contributed by atoms with E-state index in [0.717, 1.165) is 0 Å². The minimum absolute atomic E-state index is 0. The van der Waals surface area contributed by atoms with E-state index >= 15 is 0 Å². The molecule has 0 aromatic carbocycles. The fraction of sp³-hybridized carbons (Fsp3) is 0. The summed E-state index contributed by atoms with van der Waals surface area (Å²) in [7, 11) is -10.1. The summed E-state index contributed by atoms with van der Waals surface area (Å²) < 4.78 is 22.2. The maximum atomic E-state index is 9.63. The van der Waals surface area contributed by atoms with Crippen molar-refractivity contribution < 1.29 is 66.3 Å². The van der Waals surface area contributed by atoms with Crippen LogP contribution < -0.4 is 0 Å². The van der Waals surface area contributed by atoms with Gasteiger partial charge in [-0.3, -0.25) is 0 Å². The molecule has 1 radical (unpaired) electrons. The van der Waals surface area contributed by atoms with Crippen molar-refractivity contribution in [2.75, 3.05) is 0 Å². The molecule has 0 spiro atoms. The van der Waals surface area contributed by atoms with Gasteiger partial charge in [-0.2, -0.15) is 4.31 Å². The van der Waals surface area contributed by atoms with Gasteiger partial charge in [0.25, 0.3) is 0 Å². The van der Waals surface area contributed by atoms with Gasteiger partial charge in [0.05, 0.1) is 0 Å². The number of hydrogen-bond acceptors (Lipinski definition) is 3. The van der Waals surface area contributed by atoms with Crippen molar-refractivity contribution in [3.63, 3.8) is 0 Å². The molecule has 0 aliphatic heterocycles. The maximum absolute atomic E-state index is 9.63. The smallest absolute Gasteiger partial charge is 0 e. The van der Waals surface area contributed by atoms with Gasteiger partial charge in [-0.15, -0.1) is 0 Å². The van der Waals surface area contributed by atoms with Gasteiger partial charge >= 0.3 is 34.5 Å². The van der Waals surface area contributed by atoms with Crippen LogP contribution in [0.3, 0.4) is 0 Å². The van der Waals surface area contributed by atoms with Crippen molar-refractivity contribution >= 4 is 34.5 Å². The van der Waals surface area contributed by atoms with Gasteiger partial charge in [0.15, 0.2) is 0 Å². The summed E-state index contributed by atoms with van der Waals surface area (Å²) in [6.07, 6.45) is 0. The van der Waals surface area contributed by atoms with E-state index in [2.05, 4.69) is 4.31 Å². The largest absolute Gasteiger partial charge is 0 e. The van der Waals surface area contributed by atoms with E-state index in [1.807, 2.05) is 0 Å². The second kappa shape index (κ2) is 8.19. The van der Waals surface area contributed by atoms with Gasteiger partial charge in [-0.25, -0.2) is 9.13 Å². The summed E-state index contributed by atoms with van der Waals surface area (Å²) in [4.78, 5) is 31.0. The van der Waals surface area contributed by atoms with Crippen molar-refractivity contribution in [1.82, 2.24) is 0 Å². The second-order valence-electron chi connectivity index (χ2n) is 1.06. The molecule has 0 aliphatic rings. The van der Waals surface area contributed by atoms with E-state index in [0.29, 0.717) is 0 Å². The summed E-state index contributed by atoms with van der Waals surface area (Å²) in [5.41, 5.74) is 0. The van der Waals surface area contributed by atoms with Crippen molar-refractivity contribution in [3.05, 3.63) is 0 Å². The van der Waals surface area contributed by atoms with Gasteiger partial charge in [0, 0.05) is 33.3 Å². The molecular weight excluding hydrogens is 299 g/mol. The zero-order valence-corrected chi connectivity index (χ0v) is 8.38. The summed E-state index contributed by atoms with van der Waals surface area (Å²) in [6, 6.07) is 0. The predicted molar refractivity (Wildman–Crippen MR) is 32.3 cm³/mol. The molecule has 12 heteroatoms. The van der Waals surface area contributed by atoms with E-state index < -0.39 is 15.6 Å². The molecular formula is H5CoLiNiO7P2. The molecule has 0 heterocycles. The van der Waals surface area contributed by atoms with Crippen LogP contribution in [0.5, 0.6) is 0 Å². The van der Waals surface area contributed by atoms with Crippen molar-refractivity contribution in [2.24, 2.45) is 0 Å². The first-order chi connectivity index (χ1) is 3.71. The molecule has 0 aromatic rings. The fourth-order valence-electron chi connectivity index (χ4n) is 0.139. The molecule has 0 rings (SSSR count). The molecule has 7 nitrogen and oxygen atoms in total. The van der Waals surface area contributed by atoms with Crippen LogP contribution in [-0.4, -0.2) is 38.4 Å². The second-order valence-corrected chi connectivity index (χ2v) is 3.68. The van der Waals surface area contributed by atoms with E-state index in [1.54, 1.807) is 0 Å². The van der Waals surface area contributed by atoms with E-state index in [4.69, 9.17) is 19.6 Å². The normalized spacial score (nSPS) is 10.3. The monoisotopic (exact) mass is 303 g/mol. The predicted octanol–water partition coefficient (Wildman–Crippen LogP) is -1.47. The molecule has 0 saturated heterocycles. The first-order valence-electron chi connectivity index (χ1n) is 1.53. The van der Waals surface area contributed by atoms with Gasteiger partial charge in [0.1, 0.15) is 0 Å². The number of phosphoric acid groups is 2. The Bertz CT molecular complexity index is 162. The molecule has 0 saturated carbocycles. The average Bonchev–Trinajstić information content (AvgIpc) is 1.14. The zero-order chi connectivity index (χ0) is 7.71. The van der Waals surface area contributed by atoms with Gasteiger partial charge in [0.2, 0.25) is 0 Å². The first kappa shape index (κ1) is 23.6. The quantitative estimate of drug-likeness (QED) is 0.363. The Kier molecular flexibility index (Phi) is 16.1. The van der Waals surface area contributed by atoms with E-state index in [-0.39, 0.29) is 52.1 Å². The standard InChI is InChI=1S/Co.Li.Ni.H4O7P2.H/c;;;1-8(2,3)7-9(4,5)6;/h;;;(H2,1,2,3)(H2,4,5,6);. The molecule has 0 bridgehead atoms. The van der Waals surface area contributed by atoms with Crippen LogP contribution >= 0.6 is 15.6 Å². The molecule has 4 N–H and O–H groups in total. The Morgan fingerprint density at radius 3 is 1.08 bits per heavy atom. The molecule has 0 atom stereocenters. The van der Waals surface area contributed by atoms with Crippen molar-refractivity contribution in [2.45, 2.75) is 0 Å². The van der Waals surface area contributed by atoms with E-state index in [9.17, 15) is 9.13 Å². The summed E-state index contributed by atoms with van der Waals surface area (Å²) >= 11 is 0. The molecule has 0 aliphatic carbocycles. The number of hydrogen-bond donors (Lipinski definition) is 4. The molecule has 77 valence electrons. The summed E-state index contributed by atoms with van der Waals surface area (Å²) in [5.74, 6) is 0. The van der Waals surface area contributed by atoms with Crippen LogP contribution in [0.4, 0.5) is 0 Å². The third-order valence-corrected chi connectivity index (χ3v) is 1.91. The molecule has 0 fully saturated rings. The van der Waals surface area contributed by atoms with Gasteiger partial charge in [-0.05, 0) is 0 Å². The minimum atomic E-state index is -5.05. The number of rotatable bonds is 2. The maximum Gasteiger partial charge on any atom is 0 e. The van der Waals surface area contributed by atoms with Crippen LogP contribution in [0.25, 0.3) is 0 Å². The fourth-order valence-corrected chi connectivity index (χ4v) is 1.25.